The van der Waals surface area contributed by atoms with E-state index in [0.29, 0.717) is 11.6 Å². The summed E-state index contributed by atoms with van der Waals surface area (Å²) >= 11 is 5.82. The largest absolute Gasteiger partial charge is 0.493 e. The summed E-state index contributed by atoms with van der Waals surface area (Å²) in [6, 6.07) is 15.4. The van der Waals surface area contributed by atoms with Crippen molar-refractivity contribution in [2.45, 2.75) is 12.8 Å². The summed E-state index contributed by atoms with van der Waals surface area (Å²) in [6.07, 6.45) is 0. The first kappa shape index (κ1) is 13.9. The van der Waals surface area contributed by atoms with Crippen molar-refractivity contribution < 1.29 is 9.84 Å². The third kappa shape index (κ3) is 3.98. The highest BCUT2D eigenvalue weighted by molar-refractivity contribution is 6.30. The second kappa shape index (κ2) is 6.60. The third-order valence-electron chi connectivity index (χ3n) is 3.03. The SMILES string of the molecule is Cc1ccc(C(CO)COc2ccc(Cl)cc2)cc1. The molecular formula is C16H17ClO2. The zero-order chi connectivity index (χ0) is 13.7. The Labute approximate surface area is 118 Å². The van der Waals surface area contributed by atoms with Crippen molar-refractivity contribution in [3.8, 4) is 5.75 Å². The van der Waals surface area contributed by atoms with Gasteiger partial charge in [0.05, 0.1) is 13.2 Å². The van der Waals surface area contributed by atoms with Crippen LogP contribution in [0, 0.1) is 6.92 Å². The van der Waals surface area contributed by atoms with Gasteiger partial charge in [-0.15, -0.1) is 0 Å². The van der Waals surface area contributed by atoms with Gasteiger partial charge in [0.25, 0.3) is 0 Å². The molecule has 100 valence electrons. The van der Waals surface area contributed by atoms with Crippen molar-refractivity contribution in [2.24, 2.45) is 0 Å². The standard InChI is InChI=1S/C16H17ClO2/c1-12-2-4-13(5-3-12)14(10-18)11-19-16-8-6-15(17)7-9-16/h2-9,14,18H,10-11H2,1H3. The van der Waals surface area contributed by atoms with Crippen LogP contribution in [0.2, 0.25) is 5.02 Å². The van der Waals surface area contributed by atoms with E-state index in [1.807, 2.05) is 43.3 Å². The minimum Gasteiger partial charge on any atom is -0.493 e. The van der Waals surface area contributed by atoms with Gasteiger partial charge in [0.1, 0.15) is 5.75 Å². The molecule has 0 aliphatic heterocycles. The van der Waals surface area contributed by atoms with Gasteiger partial charge in [-0.1, -0.05) is 41.4 Å². The lowest BCUT2D eigenvalue weighted by Crippen LogP contribution is -2.14. The molecule has 0 fully saturated rings. The van der Waals surface area contributed by atoms with Gasteiger partial charge in [-0.05, 0) is 36.8 Å². The predicted molar refractivity (Wildman–Crippen MR) is 78.0 cm³/mol. The molecule has 0 radical (unpaired) electrons. The van der Waals surface area contributed by atoms with Gasteiger partial charge >= 0.3 is 0 Å². The Balaban J connectivity index is 1.99. The lowest BCUT2D eigenvalue weighted by Gasteiger charge is -2.16. The van der Waals surface area contributed by atoms with Crippen LogP contribution in [0.4, 0.5) is 0 Å². The molecule has 0 amide bonds. The van der Waals surface area contributed by atoms with Crippen molar-refractivity contribution in [1.82, 2.24) is 0 Å². The van der Waals surface area contributed by atoms with E-state index < -0.39 is 0 Å². The van der Waals surface area contributed by atoms with Crippen LogP contribution in [0.5, 0.6) is 5.75 Å². The number of aliphatic hydroxyl groups is 1. The van der Waals surface area contributed by atoms with Crippen LogP contribution in [0.25, 0.3) is 0 Å². The zero-order valence-corrected chi connectivity index (χ0v) is 11.6. The van der Waals surface area contributed by atoms with Crippen LogP contribution in [-0.2, 0) is 0 Å². The van der Waals surface area contributed by atoms with E-state index in [0.717, 1.165) is 11.3 Å². The summed E-state index contributed by atoms with van der Waals surface area (Å²) in [5, 5.41) is 10.2. The molecule has 0 aliphatic rings. The molecule has 0 bridgehead atoms. The summed E-state index contributed by atoms with van der Waals surface area (Å²) < 4.78 is 5.68. The van der Waals surface area contributed by atoms with Crippen molar-refractivity contribution in [2.75, 3.05) is 13.2 Å². The Morgan fingerprint density at radius 2 is 1.68 bits per heavy atom. The van der Waals surface area contributed by atoms with Crippen LogP contribution in [0.1, 0.15) is 17.0 Å². The Morgan fingerprint density at radius 3 is 2.26 bits per heavy atom. The number of rotatable bonds is 5. The first-order chi connectivity index (χ1) is 9.19. The summed E-state index contributed by atoms with van der Waals surface area (Å²) in [5.74, 6) is 0.742. The fourth-order valence-electron chi connectivity index (χ4n) is 1.82. The van der Waals surface area contributed by atoms with Gasteiger partial charge in [-0.3, -0.25) is 0 Å². The Morgan fingerprint density at radius 1 is 1.05 bits per heavy atom. The molecule has 2 aromatic carbocycles. The molecule has 3 heteroatoms. The van der Waals surface area contributed by atoms with Gasteiger partial charge in [-0.25, -0.2) is 0 Å². The number of halogens is 1. The number of benzene rings is 2. The smallest absolute Gasteiger partial charge is 0.119 e. The van der Waals surface area contributed by atoms with Crippen molar-refractivity contribution in [1.29, 1.82) is 0 Å². The molecule has 1 unspecified atom stereocenters. The van der Waals surface area contributed by atoms with Gasteiger partial charge in [0, 0.05) is 10.9 Å². The van der Waals surface area contributed by atoms with Gasteiger partial charge in [0.2, 0.25) is 0 Å². The van der Waals surface area contributed by atoms with E-state index >= 15 is 0 Å². The first-order valence-corrected chi connectivity index (χ1v) is 6.62. The molecule has 2 rings (SSSR count). The molecule has 0 saturated heterocycles. The topological polar surface area (TPSA) is 29.5 Å². The van der Waals surface area contributed by atoms with E-state index in [1.54, 1.807) is 12.1 Å². The van der Waals surface area contributed by atoms with Crippen molar-refractivity contribution in [3.05, 3.63) is 64.7 Å². The molecule has 2 aromatic rings. The summed E-state index contributed by atoms with van der Waals surface area (Å²) in [4.78, 5) is 0. The second-order valence-electron chi connectivity index (χ2n) is 4.56. The van der Waals surface area contributed by atoms with Gasteiger partial charge < -0.3 is 9.84 Å². The number of hydrogen-bond acceptors (Lipinski definition) is 2. The predicted octanol–water partition coefficient (Wildman–Crippen LogP) is 3.80. The van der Waals surface area contributed by atoms with Gasteiger partial charge in [-0.2, -0.15) is 0 Å². The molecule has 19 heavy (non-hydrogen) atoms. The van der Waals surface area contributed by atoms with Gasteiger partial charge in [0.15, 0.2) is 0 Å². The Hall–Kier alpha value is -1.51. The zero-order valence-electron chi connectivity index (χ0n) is 10.8. The molecule has 1 N–H and O–H groups in total. The maximum Gasteiger partial charge on any atom is 0.119 e. The quantitative estimate of drug-likeness (QED) is 0.900. The fraction of sp³-hybridized carbons (Fsp3) is 0.250. The molecule has 0 saturated carbocycles. The van der Waals surface area contributed by atoms with Crippen LogP contribution in [0.15, 0.2) is 48.5 Å². The number of aliphatic hydroxyl groups excluding tert-OH is 1. The second-order valence-corrected chi connectivity index (χ2v) is 4.99. The van der Waals surface area contributed by atoms with Crippen LogP contribution in [-0.4, -0.2) is 18.3 Å². The lowest BCUT2D eigenvalue weighted by atomic mass is 10.00. The number of ether oxygens (including phenoxy) is 1. The highest BCUT2D eigenvalue weighted by atomic mass is 35.5. The maximum atomic E-state index is 9.47. The normalized spacial score (nSPS) is 12.2. The third-order valence-corrected chi connectivity index (χ3v) is 3.29. The van der Waals surface area contributed by atoms with Crippen molar-refractivity contribution in [3.63, 3.8) is 0 Å². The molecule has 0 aliphatic carbocycles. The highest BCUT2D eigenvalue weighted by Crippen LogP contribution is 2.20. The fourth-order valence-corrected chi connectivity index (χ4v) is 1.95. The average molecular weight is 277 g/mol. The van der Waals surface area contributed by atoms with E-state index in [4.69, 9.17) is 16.3 Å². The van der Waals surface area contributed by atoms with E-state index in [1.165, 1.54) is 5.56 Å². The number of aryl methyl sites for hydroxylation is 1. The molecule has 1 atom stereocenters. The molecule has 2 nitrogen and oxygen atoms in total. The first-order valence-electron chi connectivity index (χ1n) is 6.25. The minimum atomic E-state index is -0.0173. The van der Waals surface area contributed by atoms with E-state index in [9.17, 15) is 5.11 Å². The molecule has 0 aromatic heterocycles. The molecule has 0 heterocycles. The van der Waals surface area contributed by atoms with Crippen molar-refractivity contribution >= 4 is 11.6 Å². The Kier molecular flexibility index (Phi) is 4.83. The van der Waals surface area contributed by atoms with Crippen LogP contribution in [0.3, 0.4) is 0 Å². The van der Waals surface area contributed by atoms with E-state index in [2.05, 4.69) is 0 Å². The van der Waals surface area contributed by atoms with E-state index in [-0.39, 0.29) is 12.5 Å². The van der Waals surface area contributed by atoms with Crippen LogP contribution < -0.4 is 4.74 Å². The van der Waals surface area contributed by atoms with Crippen LogP contribution >= 0.6 is 11.6 Å². The Bertz CT molecular complexity index is 505. The monoisotopic (exact) mass is 276 g/mol. The molecular weight excluding hydrogens is 260 g/mol. The molecule has 0 spiro atoms. The lowest BCUT2D eigenvalue weighted by molar-refractivity contribution is 0.205. The maximum absolute atomic E-state index is 9.47. The summed E-state index contributed by atoms with van der Waals surface area (Å²) in [7, 11) is 0. The summed E-state index contributed by atoms with van der Waals surface area (Å²) in [5.41, 5.74) is 2.29. The highest BCUT2D eigenvalue weighted by Gasteiger charge is 2.11. The number of hydrogen-bond donors (Lipinski definition) is 1. The minimum absolute atomic E-state index is 0.0173. The summed E-state index contributed by atoms with van der Waals surface area (Å²) in [6.45, 7) is 2.56. The average Bonchev–Trinajstić information content (AvgIpc) is 2.43.